The topological polar surface area (TPSA) is 54.9 Å². The van der Waals surface area contributed by atoms with Gasteiger partial charge in [0.15, 0.2) is 5.82 Å². The Morgan fingerprint density at radius 2 is 1.93 bits per heavy atom. The highest BCUT2D eigenvalue weighted by atomic mass is 32.2. The number of nitrogens with one attached hydrogen (secondary N) is 1. The van der Waals surface area contributed by atoms with Crippen molar-refractivity contribution in [2.24, 2.45) is 0 Å². The second-order valence-electron chi connectivity index (χ2n) is 3.43. The Balaban J connectivity index is 2.09. The molecule has 6 heteroatoms. The quantitative estimate of drug-likeness (QED) is 0.749. The summed E-state index contributed by atoms with van der Waals surface area (Å²) in [5.41, 5.74) is 0. The lowest BCUT2D eigenvalue weighted by Crippen LogP contribution is -2.33. The first-order chi connectivity index (χ1) is 7.27. The van der Waals surface area contributed by atoms with Gasteiger partial charge in [0.1, 0.15) is 0 Å². The van der Waals surface area contributed by atoms with E-state index < -0.39 is 16.6 Å². The van der Waals surface area contributed by atoms with Crippen molar-refractivity contribution in [2.75, 3.05) is 13.1 Å². The van der Waals surface area contributed by atoms with Gasteiger partial charge in [-0.05, 0) is 25.9 Å². The van der Waals surface area contributed by atoms with E-state index in [0.29, 0.717) is 0 Å². The van der Waals surface area contributed by atoms with E-state index in [1.165, 1.54) is 0 Å². The minimum absolute atomic E-state index is 0.0942. The van der Waals surface area contributed by atoms with E-state index in [0.717, 1.165) is 38.3 Å². The van der Waals surface area contributed by atoms with Gasteiger partial charge in [-0.15, -0.1) is 0 Å². The molecule has 2 rings (SSSR count). The number of rotatable bonds is 2. The molecule has 0 aromatic carbocycles. The van der Waals surface area contributed by atoms with Crippen molar-refractivity contribution in [3.05, 3.63) is 18.2 Å². The molecule has 0 unspecified atom stereocenters. The number of piperidine rings is 1. The summed E-state index contributed by atoms with van der Waals surface area (Å²) in [7, 11) is -1.21. The van der Waals surface area contributed by atoms with Crippen molar-refractivity contribution in [3.63, 3.8) is 0 Å². The van der Waals surface area contributed by atoms with E-state index in [-0.39, 0.29) is 10.4 Å². The summed E-state index contributed by atoms with van der Waals surface area (Å²) in [4.78, 5) is 7.49. The van der Waals surface area contributed by atoms with Crippen LogP contribution in [-0.4, -0.2) is 32.5 Å². The molecule has 0 bridgehead atoms. The van der Waals surface area contributed by atoms with Crippen molar-refractivity contribution < 1.29 is 8.60 Å². The number of hydrogen-bond acceptors (Lipinski definition) is 4. The molecule has 4 nitrogen and oxygen atoms in total. The zero-order valence-corrected chi connectivity index (χ0v) is 8.97. The van der Waals surface area contributed by atoms with Crippen LogP contribution < -0.4 is 5.32 Å². The van der Waals surface area contributed by atoms with Crippen LogP contribution in [0, 0.1) is 5.82 Å². The van der Waals surface area contributed by atoms with Crippen molar-refractivity contribution >= 4 is 10.8 Å². The van der Waals surface area contributed by atoms with Gasteiger partial charge in [-0.1, -0.05) is 0 Å². The molecule has 0 radical (unpaired) electrons. The third-order valence-electron chi connectivity index (χ3n) is 2.37. The molecule has 1 fully saturated rings. The van der Waals surface area contributed by atoms with Crippen LogP contribution in [-0.2, 0) is 10.8 Å². The van der Waals surface area contributed by atoms with Crippen molar-refractivity contribution in [1.29, 1.82) is 0 Å². The fourth-order valence-corrected chi connectivity index (χ4v) is 2.84. The maximum Gasteiger partial charge on any atom is 0.218 e. The van der Waals surface area contributed by atoms with Crippen LogP contribution >= 0.6 is 0 Å². The Bertz CT molecular complexity index is 351. The Morgan fingerprint density at radius 3 is 2.53 bits per heavy atom. The fourth-order valence-electron chi connectivity index (χ4n) is 1.56. The van der Waals surface area contributed by atoms with E-state index in [1.54, 1.807) is 0 Å². The summed E-state index contributed by atoms with van der Waals surface area (Å²) >= 11 is 0. The summed E-state index contributed by atoms with van der Waals surface area (Å²) in [5, 5.41) is 3.53. The fraction of sp³-hybridized carbons (Fsp3) is 0.556. The first kappa shape index (κ1) is 10.6. The summed E-state index contributed by atoms with van der Waals surface area (Å²) in [6, 6.07) is 0. The highest BCUT2D eigenvalue weighted by molar-refractivity contribution is 7.85. The molecular formula is C9H12FN3OS. The molecule has 2 heterocycles. The van der Waals surface area contributed by atoms with Crippen LogP contribution in [0.15, 0.2) is 17.6 Å². The van der Waals surface area contributed by atoms with Gasteiger partial charge in [0.05, 0.1) is 23.2 Å². The molecule has 1 saturated heterocycles. The van der Waals surface area contributed by atoms with Crippen LogP contribution in [0.2, 0.25) is 0 Å². The Hall–Kier alpha value is -0.880. The molecule has 15 heavy (non-hydrogen) atoms. The van der Waals surface area contributed by atoms with Crippen LogP contribution in [0.5, 0.6) is 0 Å². The van der Waals surface area contributed by atoms with E-state index in [9.17, 15) is 8.60 Å². The third kappa shape index (κ3) is 2.57. The van der Waals surface area contributed by atoms with Crippen LogP contribution in [0.3, 0.4) is 0 Å². The lowest BCUT2D eigenvalue weighted by molar-refractivity contribution is 0.517. The molecule has 1 aromatic heterocycles. The largest absolute Gasteiger partial charge is 0.317 e. The molecule has 0 saturated carbocycles. The van der Waals surface area contributed by atoms with Gasteiger partial charge in [0.25, 0.3) is 0 Å². The van der Waals surface area contributed by atoms with E-state index >= 15 is 0 Å². The van der Waals surface area contributed by atoms with Gasteiger partial charge in [-0.2, -0.15) is 0 Å². The van der Waals surface area contributed by atoms with Gasteiger partial charge in [-0.3, -0.25) is 4.21 Å². The van der Waals surface area contributed by atoms with Gasteiger partial charge < -0.3 is 5.32 Å². The SMILES string of the molecule is O=[S@](c1ncc(F)cn1)C1CCNCC1. The monoisotopic (exact) mass is 229 g/mol. The minimum Gasteiger partial charge on any atom is -0.317 e. The maximum atomic E-state index is 12.6. The molecule has 1 aromatic rings. The summed E-state index contributed by atoms with van der Waals surface area (Å²) in [5.74, 6) is -0.499. The third-order valence-corrected chi connectivity index (χ3v) is 4.01. The lowest BCUT2D eigenvalue weighted by Gasteiger charge is -2.20. The first-order valence-corrected chi connectivity index (χ1v) is 6.07. The Labute approximate surface area is 89.8 Å². The van der Waals surface area contributed by atoms with Gasteiger partial charge in [0, 0.05) is 5.25 Å². The predicted molar refractivity (Wildman–Crippen MR) is 54.3 cm³/mol. The molecule has 1 aliphatic heterocycles. The number of hydrogen-bond donors (Lipinski definition) is 1. The van der Waals surface area contributed by atoms with E-state index in [1.807, 2.05) is 0 Å². The molecule has 1 N–H and O–H groups in total. The molecule has 0 amide bonds. The average molecular weight is 229 g/mol. The molecule has 1 atom stereocenters. The highest BCUT2D eigenvalue weighted by Crippen LogP contribution is 2.14. The normalized spacial score (nSPS) is 20.1. The Kier molecular flexibility index (Phi) is 3.37. The van der Waals surface area contributed by atoms with Crippen molar-refractivity contribution in [3.8, 4) is 0 Å². The minimum atomic E-state index is -1.21. The molecule has 0 aliphatic carbocycles. The van der Waals surface area contributed by atoms with Crippen molar-refractivity contribution in [2.45, 2.75) is 23.2 Å². The van der Waals surface area contributed by atoms with Gasteiger partial charge in [-0.25, -0.2) is 14.4 Å². The molecular weight excluding hydrogens is 217 g/mol. The molecule has 0 spiro atoms. The number of halogens is 1. The average Bonchev–Trinajstić information content (AvgIpc) is 2.30. The summed E-state index contributed by atoms with van der Waals surface area (Å²) in [6.45, 7) is 1.75. The standard InChI is InChI=1S/C9H12FN3OS/c10-7-5-12-9(13-6-7)15(14)8-1-3-11-4-2-8/h5-6,8,11H,1-4H2/t15-/m0/s1. The Morgan fingerprint density at radius 1 is 1.33 bits per heavy atom. The van der Waals surface area contributed by atoms with Crippen molar-refractivity contribution in [1.82, 2.24) is 15.3 Å². The molecule has 1 aliphatic rings. The smallest absolute Gasteiger partial charge is 0.218 e. The summed E-state index contributed by atoms with van der Waals surface area (Å²) < 4.78 is 24.5. The summed E-state index contributed by atoms with van der Waals surface area (Å²) in [6.07, 6.45) is 3.82. The number of nitrogens with zero attached hydrogens (tertiary/aromatic N) is 2. The van der Waals surface area contributed by atoms with E-state index in [4.69, 9.17) is 0 Å². The van der Waals surface area contributed by atoms with Crippen LogP contribution in [0.4, 0.5) is 4.39 Å². The second kappa shape index (κ2) is 4.76. The second-order valence-corrected chi connectivity index (χ2v) is 5.06. The first-order valence-electron chi connectivity index (χ1n) is 4.86. The van der Waals surface area contributed by atoms with Gasteiger partial charge >= 0.3 is 0 Å². The number of aromatic nitrogens is 2. The maximum absolute atomic E-state index is 12.6. The van der Waals surface area contributed by atoms with Crippen LogP contribution in [0.1, 0.15) is 12.8 Å². The van der Waals surface area contributed by atoms with Gasteiger partial charge in [0.2, 0.25) is 5.16 Å². The lowest BCUT2D eigenvalue weighted by atomic mass is 10.2. The van der Waals surface area contributed by atoms with Crippen LogP contribution in [0.25, 0.3) is 0 Å². The molecule has 82 valence electrons. The van der Waals surface area contributed by atoms with E-state index in [2.05, 4.69) is 15.3 Å². The zero-order valence-electron chi connectivity index (χ0n) is 8.15. The predicted octanol–water partition coefficient (Wildman–Crippen LogP) is 0.475. The highest BCUT2D eigenvalue weighted by Gasteiger charge is 2.22. The zero-order chi connectivity index (χ0) is 10.7.